The third kappa shape index (κ3) is 4.94. The van der Waals surface area contributed by atoms with Crippen molar-refractivity contribution in [1.29, 1.82) is 0 Å². The molecule has 8 aromatic rings. The molecule has 0 aliphatic heterocycles. The molecule has 0 saturated heterocycles. The van der Waals surface area contributed by atoms with Crippen LogP contribution >= 0.6 is 0 Å². The van der Waals surface area contributed by atoms with E-state index in [4.69, 9.17) is 14.7 Å². The Labute approximate surface area is 275 Å². The van der Waals surface area contributed by atoms with E-state index in [1.807, 2.05) is 12.4 Å². The second-order valence-corrected chi connectivity index (χ2v) is 14.5. The highest BCUT2D eigenvalue weighted by Gasteiger charge is 2.20. The number of pyridine rings is 2. The molecule has 4 aromatic heterocycles. The zero-order chi connectivity index (χ0) is 32.5. The van der Waals surface area contributed by atoms with E-state index in [0.717, 1.165) is 56.0 Å². The second-order valence-electron chi connectivity index (χ2n) is 14.5. The molecule has 0 saturated carbocycles. The second kappa shape index (κ2) is 10.6. The summed E-state index contributed by atoms with van der Waals surface area (Å²) in [5, 5.41) is 4.70. The largest absolute Gasteiger partial charge is 0.457 e. The highest BCUT2D eigenvalue weighted by atomic mass is 16.5. The molecule has 0 atom stereocenters. The Morgan fingerprint density at radius 3 is 1.28 bits per heavy atom. The van der Waals surface area contributed by atoms with E-state index in [2.05, 4.69) is 160 Å². The van der Waals surface area contributed by atoms with Gasteiger partial charge in [-0.15, -0.1) is 0 Å². The van der Waals surface area contributed by atoms with Gasteiger partial charge in [0.15, 0.2) is 0 Å². The zero-order valence-corrected chi connectivity index (χ0v) is 27.7. The molecule has 0 amide bonds. The number of hydrogen-bond donors (Lipinski definition) is 0. The zero-order valence-electron chi connectivity index (χ0n) is 27.7. The van der Waals surface area contributed by atoms with Crippen LogP contribution in [0.4, 0.5) is 0 Å². The van der Waals surface area contributed by atoms with Crippen molar-refractivity contribution in [3.05, 3.63) is 133 Å². The van der Waals surface area contributed by atoms with Crippen molar-refractivity contribution >= 4 is 43.6 Å². The van der Waals surface area contributed by atoms with E-state index >= 15 is 0 Å². The molecule has 4 aromatic carbocycles. The Kier molecular flexibility index (Phi) is 6.52. The van der Waals surface area contributed by atoms with Gasteiger partial charge in [0, 0.05) is 46.1 Å². The van der Waals surface area contributed by atoms with Gasteiger partial charge in [-0.05, 0) is 82.6 Å². The Morgan fingerprint density at radius 1 is 0.447 bits per heavy atom. The number of aromatic nitrogens is 4. The first kappa shape index (κ1) is 29.0. The van der Waals surface area contributed by atoms with Crippen LogP contribution in [0.5, 0.6) is 11.5 Å². The quantitative estimate of drug-likeness (QED) is 0.198. The van der Waals surface area contributed by atoms with Gasteiger partial charge in [-0.25, -0.2) is 9.97 Å². The Hall–Kier alpha value is -5.42. The van der Waals surface area contributed by atoms with Gasteiger partial charge >= 0.3 is 0 Å². The lowest BCUT2D eigenvalue weighted by Gasteiger charge is -2.20. The summed E-state index contributed by atoms with van der Waals surface area (Å²) in [5.41, 5.74) is 6.86. The molecule has 0 spiro atoms. The minimum Gasteiger partial charge on any atom is -0.457 e. The normalized spacial score (nSPS) is 12.5. The van der Waals surface area contributed by atoms with Gasteiger partial charge < -0.3 is 4.74 Å². The van der Waals surface area contributed by atoms with E-state index in [0.29, 0.717) is 0 Å². The van der Waals surface area contributed by atoms with Gasteiger partial charge in [0.1, 0.15) is 23.1 Å². The van der Waals surface area contributed by atoms with Gasteiger partial charge in [0.2, 0.25) is 0 Å². The van der Waals surface area contributed by atoms with Crippen LogP contribution in [0, 0.1) is 0 Å². The summed E-state index contributed by atoms with van der Waals surface area (Å²) in [7, 11) is 0. The van der Waals surface area contributed by atoms with Crippen LogP contribution in [-0.2, 0) is 10.8 Å². The van der Waals surface area contributed by atoms with Crippen LogP contribution in [0.3, 0.4) is 0 Å². The molecule has 0 N–H and O–H groups in total. The van der Waals surface area contributed by atoms with E-state index in [1.54, 1.807) is 0 Å². The maximum Gasteiger partial charge on any atom is 0.137 e. The van der Waals surface area contributed by atoms with Crippen LogP contribution < -0.4 is 4.74 Å². The smallest absolute Gasteiger partial charge is 0.137 e. The summed E-state index contributed by atoms with van der Waals surface area (Å²) in [4.78, 5) is 9.67. The number of hydrogen-bond acceptors (Lipinski definition) is 3. The summed E-state index contributed by atoms with van der Waals surface area (Å²) in [6, 6.07) is 38.4. The maximum atomic E-state index is 6.66. The molecule has 4 heterocycles. The minimum atomic E-state index is 0.00934. The predicted molar refractivity (Wildman–Crippen MR) is 195 cm³/mol. The number of ether oxygens (including phenoxy) is 1. The lowest BCUT2D eigenvalue weighted by Crippen LogP contribution is -2.12. The first-order valence-corrected chi connectivity index (χ1v) is 16.2. The van der Waals surface area contributed by atoms with Crippen LogP contribution in [0.1, 0.15) is 52.7 Å². The molecule has 0 bridgehead atoms. The summed E-state index contributed by atoms with van der Waals surface area (Å²) in [6.07, 6.45) is 3.83. The molecular formula is C42H38N4O. The fourth-order valence-corrected chi connectivity index (χ4v) is 6.67. The van der Waals surface area contributed by atoms with E-state index < -0.39 is 0 Å². The third-order valence-corrected chi connectivity index (χ3v) is 9.21. The summed E-state index contributed by atoms with van der Waals surface area (Å²) >= 11 is 0. The number of benzene rings is 4. The number of para-hydroxylation sites is 2. The lowest BCUT2D eigenvalue weighted by atomic mass is 9.88. The Morgan fingerprint density at radius 2 is 0.851 bits per heavy atom. The van der Waals surface area contributed by atoms with Crippen LogP contribution in [0.2, 0.25) is 0 Å². The van der Waals surface area contributed by atoms with Crippen LogP contribution in [0.15, 0.2) is 122 Å². The van der Waals surface area contributed by atoms with Crippen molar-refractivity contribution in [3.8, 4) is 23.1 Å². The van der Waals surface area contributed by atoms with Crippen molar-refractivity contribution in [2.24, 2.45) is 0 Å². The van der Waals surface area contributed by atoms with Crippen molar-refractivity contribution in [3.63, 3.8) is 0 Å². The first-order valence-electron chi connectivity index (χ1n) is 16.2. The van der Waals surface area contributed by atoms with E-state index in [1.165, 1.54) is 21.9 Å². The van der Waals surface area contributed by atoms with E-state index in [9.17, 15) is 0 Å². The predicted octanol–water partition coefficient (Wildman–Crippen LogP) is 11.1. The molecule has 5 heteroatoms. The molecule has 0 radical (unpaired) electrons. The Balaban J connectivity index is 1.27. The van der Waals surface area contributed by atoms with Gasteiger partial charge in [0.05, 0.1) is 22.1 Å². The molecule has 232 valence electrons. The van der Waals surface area contributed by atoms with Gasteiger partial charge in [-0.3, -0.25) is 9.13 Å². The van der Waals surface area contributed by atoms with Crippen LogP contribution in [0.25, 0.3) is 55.2 Å². The summed E-state index contributed by atoms with van der Waals surface area (Å²) < 4.78 is 11.2. The third-order valence-electron chi connectivity index (χ3n) is 9.21. The standard InChI is InChI=1S/C42H38N4O/c1-41(2,3)27-19-21-43-39(23-27)45-35-13-9-7-11-31(35)33-17-15-29(25-37(33)45)47-30-16-18-34-32-12-8-10-14-36(32)46(38(34)26-30)40-24-28(20-22-44-40)42(4,5)6/h7-26H,1-6H3. The molecule has 8 rings (SSSR count). The Bertz CT molecular complexity index is 2300. The minimum absolute atomic E-state index is 0.00934. The lowest BCUT2D eigenvalue weighted by molar-refractivity contribution is 0.484. The average molecular weight is 615 g/mol. The average Bonchev–Trinajstić information content (AvgIpc) is 3.56. The molecule has 5 nitrogen and oxygen atoms in total. The van der Waals surface area contributed by atoms with E-state index in [-0.39, 0.29) is 10.8 Å². The first-order chi connectivity index (χ1) is 22.6. The SMILES string of the molecule is CC(C)(C)c1ccnc(-n2c3ccccc3c3ccc(Oc4ccc5c6ccccc6n(-c6cc(C(C)(C)C)ccn6)c5c4)cc32)c1. The van der Waals surface area contributed by atoms with Crippen molar-refractivity contribution in [2.45, 2.75) is 52.4 Å². The fourth-order valence-electron chi connectivity index (χ4n) is 6.67. The van der Waals surface area contributed by atoms with Gasteiger partial charge in [-0.1, -0.05) is 77.9 Å². The van der Waals surface area contributed by atoms with Gasteiger partial charge in [-0.2, -0.15) is 0 Å². The highest BCUT2D eigenvalue weighted by Crippen LogP contribution is 2.38. The molecular weight excluding hydrogens is 576 g/mol. The van der Waals surface area contributed by atoms with Crippen molar-refractivity contribution in [1.82, 2.24) is 19.1 Å². The molecule has 0 aliphatic rings. The fraction of sp³-hybridized carbons (Fsp3) is 0.190. The maximum absolute atomic E-state index is 6.66. The highest BCUT2D eigenvalue weighted by molar-refractivity contribution is 6.10. The van der Waals surface area contributed by atoms with Gasteiger partial charge in [0.25, 0.3) is 0 Å². The number of nitrogens with zero attached hydrogens (tertiary/aromatic N) is 4. The molecule has 0 unspecified atom stereocenters. The number of fused-ring (bicyclic) bond motifs is 6. The summed E-state index contributed by atoms with van der Waals surface area (Å²) in [6.45, 7) is 13.4. The van der Waals surface area contributed by atoms with Crippen molar-refractivity contribution in [2.75, 3.05) is 0 Å². The monoisotopic (exact) mass is 614 g/mol. The topological polar surface area (TPSA) is 44.9 Å². The van der Waals surface area contributed by atoms with Crippen LogP contribution in [-0.4, -0.2) is 19.1 Å². The molecule has 47 heavy (non-hydrogen) atoms. The molecule has 0 aliphatic carbocycles. The molecule has 0 fully saturated rings. The van der Waals surface area contributed by atoms with Crippen molar-refractivity contribution < 1.29 is 4.74 Å². The number of rotatable bonds is 4. The summed E-state index contributed by atoms with van der Waals surface area (Å²) in [5.74, 6) is 3.33.